The summed E-state index contributed by atoms with van der Waals surface area (Å²) in [4.78, 5) is 12.2. The van der Waals surface area contributed by atoms with Crippen molar-refractivity contribution in [2.24, 2.45) is 0 Å². The zero-order valence-electron chi connectivity index (χ0n) is 8.80. The Labute approximate surface area is 93.8 Å². The molecule has 16 heavy (non-hydrogen) atoms. The first-order valence-corrected chi connectivity index (χ1v) is 5.14. The molecule has 2 rings (SSSR count). The Bertz CT molecular complexity index is 404. The molecule has 84 valence electrons. The van der Waals surface area contributed by atoms with Crippen LogP contribution in [0, 0.1) is 0 Å². The molecule has 0 saturated carbocycles. The maximum atomic E-state index is 10.6. The van der Waals surface area contributed by atoms with Gasteiger partial charge in [0.15, 0.2) is 0 Å². The summed E-state index contributed by atoms with van der Waals surface area (Å²) in [5, 5.41) is 8.69. The van der Waals surface area contributed by atoms with Gasteiger partial charge in [-0.3, -0.25) is 4.79 Å². The number of aliphatic carboxylic acids is 1. The number of nitrogens with zero attached hydrogens (tertiary/aromatic N) is 1. The quantitative estimate of drug-likeness (QED) is 0.788. The van der Waals surface area contributed by atoms with E-state index in [1.165, 1.54) is 6.26 Å². The van der Waals surface area contributed by atoms with Gasteiger partial charge in [-0.05, 0) is 18.4 Å². The summed E-state index contributed by atoms with van der Waals surface area (Å²) in [6, 6.07) is 0. The minimum atomic E-state index is -0.861. The van der Waals surface area contributed by atoms with Crippen molar-refractivity contribution >= 4 is 5.97 Å². The van der Waals surface area contributed by atoms with Crippen LogP contribution < -0.4 is 0 Å². The number of hydrogen-bond acceptors (Lipinski definition) is 3. The Balaban J connectivity index is 2.10. The van der Waals surface area contributed by atoms with E-state index in [0.29, 0.717) is 0 Å². The second-order valence-corrected chi connectivity index (χ2v) is 3.62. The molecule has 0 radical (unpaired) electrons. The standard InChI is InChI=1S/C12H13NO3/c14-12(15)9-13-6-7-16-11(8-13)10-4-2-1-3-5-10/h1-2,4,6-8H,3,5,9H2,(H,14,15). The fourth-order valence-corrected chi connectivity index (χ4v) is 1.63. The Morgan fingerprint density at radius 3 is 3.12 bits per heavy atom. The second kappa shape index (κ2) is 4.70. The first kappa shape index (κ1) is 10.5. The predicted octanol–water partition coefficient (Wildman–Crippen LogP) is 1.99. The van der Waals surface area contributed by atoms with Crippen LogP contribution in [0.4, 0.5) is 0 Å². The summed E-state index contributed by atoms with van der Waals surface area (Å²) in [5.74, 6) is -0.132. The van der Waals surface area contributed by atoms with Gasteiger partial charge in [0.2, 0.25) is 0 Å². The molecular weight excluding hydrogens is 206 g/mol. The van der Waals surface area contributed by atoms with Gasteiger partial charge in [-0.15, -0.1) is 0 Å². The number of ether oxygens (including phenoxy) is 1. The topological polar surface area (TPSA) is 49.8 Å². The van der Waals surface area contributed by atoms with Crippen molar-refractivity contribution in [1.29, 1.82) is 0 Å². The number of allylic oxidation sites excluding steroid dienone is 4. The van der Waals surface area contributed by atoms with Gasteiger partial charge < -0.3 is 14.7 Å². The van der Waals surface area contributed by atoms with E-state index in [-0.39, 0.29) is 6.54 Å². The molecule has 0 bridgehead atoms. The lowest BCUT2D eigenvalue weighted by atomic mass is 10.0. The van der Waals surface area contributed by atoms with E-state index in [1.54, 1.807) is 17.3 Å². The highest BCUT2D eigenvalue weighted by molar-refractivity contribution is 5.69. The molecule has 4 nitrogen and oxygen atoms in total. The maximum absolute atomic E-state index is 10.6. The van der Waals surface area contributed by atoms with E-state index >= 15 is 0 Å². The fourth-order valence-electron chi connectivity index (χ4n) is 1.63. The van der Waals surface area contributed by atoms with Crippen LogP contribution in [0.5, 0.6) is 0 Å². The number of hydrogen-bond donors (Lipinski definition) is 1. The highest BCUT2D eigenvalue weighted by Crippen LogP contribution is 2.23. The smallest absolute Gasteiger partial charge is 0.323 e. The lowest BCUT2D eigenvalue weighted by Crippen LogP contribution is -2.22. The highest BCUT2D eigenvalue weighted by Gasteiger charge is 2.13. The van der Waals surface area contributed by atoms with Crippen LogP contribution >= 0.6 is 0 Å². The maximum Gasteiger partial charge on any atom is 0.323 e. The largest absolute Gasteiger partial charge is 0.480 e. The van der Waals surface area contributed by atoms with Crippen molar-refractivity contribution in [2.75, 3.05) is 6.54 Å². The van der Waals surface area contributed by atoms with Gasteiger partial charge in [-0.1, -0.05) is 18.2 Å². The number of rotatable bonds is 3. The van der Waals surface area contributed by atoms with Crippen LogP contribution in [-0.4, -0.2) is 22.5 Å². The molecule has 0 aromatic rings. The van der Waals surface area contributed by atoms with Crippen LogP contribution in [0.3, 0.4) is 0 Å². The summed E-state index contributed by atoms with van der Waals surface area (Å²) in [7, 11) is 0. The molecule has 0 amide bonds. The van der Waals surface area contributed by atoms with Crippen LogP contribution in [0.1, 0.15) is 12.8 Å². The summed E-state index contributed by atoms with van der Waals surface area (Å²) < 4.78 is 5.37. The van der Waals surface area contributed by atoms with Crippen LogP contribution in [0.25, 0.3) is 0 Å². The van der Waals surface area contributed by atoms with Crippen molar-refractivity contribution in [3.05, 3.63) is 48.2 Å². The molecule has 0 spiro atoms. The Kier molecular flexibility index (Phi) is 3.10. The van der Waals surface area contributed by atoms with Gasteiger partial charge in [-0.2, -0.15) is 0 Å². The van der Waals surface area contributed by atoms with E-state index in [2.05, 4.69) is 6.08 Å². The molecular formula is C12H13NO3. The normalized spacial score (nSPS) is 18.9. The predicted molar refractivity (Wildman–Crippen MR) is 59.1 cm³/mol. The van der Waals surface area contributed by atoms with Gasteiger partial charge in [-0.25, -0.2) is 0 Å². The lowest BCUT2D eigenvalue weighted by molar-refractivity contribution is -0.137. The molecule has 0 unspecified atom stereocenters. The summed E-state index contributed by atoms with van der Waals surface area (Å²) in [6.07, 6.45) is 12.8. The van der Waals surface area contributed by atoms with Crippen molar-refractivity contribution in [3.63, 3.8) is 0 Å². The zero-order valence-corrected chi connectivity index (χ0v) is 8.80. The molecule has 1 aliphatic heterocycles. The van der Waals surface area contributed by atoms with Crippen molar-refractivity contribution in [3.8, 4) is 0 Å². The van der Waals surface area contributed by atoms with E-state index < -0.39 is 5.97 Å². The van der Waals surface area contributed by atoms with Gasteiger partial charge in [0.25, 0.3) is 0 Å². The summed E-state index contributed by atoms with van der Waals surface area (Å²) in [6.45, 7) is -0.0491. The van der Waals surface area contributed by atoms with Gasteiger partial charge >= 0.3 is 5.97 Å². The van der Waals surface area contributed by atoms with E-state index in [9.17, 15) is 4.79 Å². The Hall–Kier alpha value is -1.97. The molecule has 1 N–H and O–H groups in total. The third kappa shape index (κ3) is 2.53. The Morgan fingerprint density at radius 1 is 1.56 bits per heavy atom. The third-order valence-corrected chi connectivity index (χ3v) is 2.38. The van der Waals surface area contributed by atoms with Crippen LogP contribution in [-0.2, 0) is 9.53 Å². The number of carbonyl (C=O) groups is 1. The SMILES string of the molecule is O=C(O)CN1C=COC(C2=CC=CCC2)=C1. The molecule has 4 heteroatoms. The average molecular weight is 219 g/mol. The summed E-state index contributed by atoms with van der Waals surface area (Å²) >= 11 is 0. The van der Waals surface area contributed by atoms with E-state index in [4.69, 9.17) is 9.84 Å². The van der Waals surface area contributed by atoms with E-state index in [1.807, 2.05) is 12.2 Å². The van der Waals surface area contributed by atoms with E-state index in [0.717, 1.165) is 24.2 Å². The average Bonchev–Trinajstić information content (AvgIpc) is 2.30. The van der Waals surface area contributed by atoms with Crippen LogP contribution in [0.15, 0.2) is 48.2 Å². The zero-order chi connectivity index (χ0) is 11.4. The molecule has 0 atom stereocenters. The summed E-state index contributed by atoms with van der Waals surface area (Å²) in [5.41, 5.74) is 1.10. The minimum Gasteiger partial charge on any atom is -0.480 e. The Morgan fingerprint density at radius 2 is 2.44 bits per heavy atom. The van der Waals surface area contributed by atoms with Gasteiger partial charge in [0.05, 0.1) is 0 Å². The molecule has 1 aliphatic carbocycles. The first-order valence-electron chi connectivity index (χ1n) is 5.14. The molecule has 0 aromatic carbocycles. The van der Waals surface area contributed by atoms with Crippen molar-refractivity contribution in [1.82, 2.24) is 4.90 Å². The first-order chi connectivity index (χ1) is 7.75. The molecule has 2 aliphatic rings. The van der Waals surface area contributed by atoms with Crippen molar-refractivity contribution < 1.29 is 14.6 Å². The highest BCUT2D eigenvalue weighted by atomic mass is 16.5. The van der Waals surface area contributed by atoms with Crippen LogP contribution in [0.2, 0.25) is 0 Å². The third-order valence-electron chi connectivity index (χ3n) is 2.38. The van der Waals surface area contributed by atoms with Gasteiger partial charge in [0.1, 0.15) is 18.6 Å². The second-order valence-electron chi connectivity index (χ2n) is 3.62. The minimum absolute atomic E-state index is 0.0491. The number of carboxylic acid groups (broad SMARTS) is 1. The number of carboxylic acids is 1. The molecule has 0 saturated heterocycles. The fraction of sp³-hybridized carbons (Fsp3) is 0.250. The van der Waals surface area contributed by atoms with Crippen molar-refractivity contribution in [2.45, 2.75) is 12.8 Å². The lowest BCUT2D eigenvalue weighted by Gasteiger charge is -2.21. The van der Waals surface area contributed by atoms with Gasteiger partial charge in [0, 0.05) is 12.4 Å². The molecule has 0 aromatic heterocycles. The molecule has 1 heterocycles. The molecule has 0 fully saturated rings. The monoisotopic (exact) mass is 219 g/mol.